The molecular weight excluding hydrogens is 330 g/mol. The molecule has 6 heteroatoms. The Hall–Kier alpha value is -1.92. The number of nitrogens with zero attached hydrogens (tertiary/aromatic N) is 2. The number of amides is 2. The van der Waals surface area contributed by atoms with Gasteiger partial charge in [-0.3, -0.25) is 14.5 Å². The first kappa shape index (κ1) is 18.9. The lowest BCUT2D eigenvalue weighted by Gasteiger charge is -2.35. The van der Waals surface area contributed by atoms with Gasteiger partial charge in [0.15, 0.2) is 0 Å². The second-order valence-electron chi connectivity index (χ2n) is 7.15. The van der Waals surface area contributed by atoms with E-state index in [0.717, 1.165) is 39.1 Å². The van der Waals surface area contributed by atoms with E-state index in [1.807, 2.05) is 0 Å². The molecule has 2 heterocycles. The zero-order chi connectivity index (χ0) is 18.4. The predicted octanol–water partition coefficient (Wildman–Crippen LogP) is 1.50. The fourth-order valence-corrected chi connectivity index (χ4v) is 3.69. The van der Waals surface area contributed by atoms with E-state index >= 15 is 0 Å². The maximum atomic E-state index is 12.4. The highest BCUT2D eigenvalue weighted by Crippen LogP contribution is 2.22. The third kappa shape index (κ3) is 5.05. The summed E-state index contributed by atoms with van der Waals surface area (Å²) in [4.78, 5) is 28.3. The normalized spacial score (nSPS) is 20.0. The van der Waals surface area contributed by atoms with Gasteiger partial charge in [0, 0.05) is 32.6 Å². The van der Waals surface area contributed by atoms with Crippen molar-refractivity contribution in [1.82, 2.24) is 15.1 Å². The number of likely N-dealkylation sites (tertiary alicyclic amines) is 1. The summed E-state index contributed by atoms with van der Waals surface area (Å²) >= 11 is 0. The van der Waals surface area contributed by atoms with E-state index in [4.69, 9.17) is 4.74 Å². The van der Waals surface area contributed by atoms with E-state index in [1.54, 1.807) is 4.90 Å². The highest BCUT2D eigenvalue weighted by molar-refractivity contribution is 5.85. The van der Waals surface area contributed by atoms with E-state index in [9.17, 15) is 9.59 Å². The van der Waals surface area contributed by atoms with Gasteiger partial charge in [0.2, 0.25) is 11.8 Å². The van der Waals surface area contributed by atoms with Gasteiger partial charge < -0.3 is 15.0 Å². The number of carbonyl (C=O) groups excluding carboxylic acids is 2. The number of rotatable bonds is 6. The Bertz CT molecular complexity index is 628. The molecule has 3 rings (SSSR count). The minimum atomic E-state index is -0.0776. The Labute approximate surface area is 155 Å². The summed E-state index contributed by atoms with van der Waals surface area (Å²) < 4.78 is 5.47. The molecule has 0 saturated carbocycles. The van der Waals surface area contributed by atoms with Crippen molar-refractivity contribution in [2.24, 2.45) is 0 Å². The van der Waals surface area contributed by atoms with Crippen LogP contribution in [0.3, 0.4) is 0 Å². The summed E-state index contributed by atoms with van der Waals surface area (Å²) in [6.07, 6.45) is 2.48. The highest BCUT2D eigenvalue weighted by atomic mass is 16.5. The maximum absolute atomic E-state index is 12.4. The van der Waals surface area contributed by atoms with Gasteiger partial charge in [-0.15, -0.1) is 0 Å². The predicted molar refractivity (Wildman–Crippen MR) is 99.8 cm³/mol. The van der Waals surface area contributed by atoms with Crippen LogP contribution in [0.25, 0.3) is 0 Å². The number of hydrogen-bond acceptors (Lipinski definition) is 4. The van der Waals surface area contributed by atoms with Crippen molar-refractivity contribution in [2.75, 3.05) is 45.9 Å². The van der Waals surface area contributed by atoms with Crippen molar-refractivity contribution < 1.29 is 14.3 Å². The summed E-state index contributed by atoms with van der Waals surface area (Å²) in [7, 11) is 0. The van der Waals surface area contributed by atoms with Crippen molar-refractivity contribution >= 4 is 11.8 Å². The number of hydrogen-bond donors (Lipinski definition) is 1. The second kappa shape index (κ2) is 9.14. The van der Waals surface area contributed by atoms with Crippen molar-refractivity contribution in [3.8, 4) is 0 Å². The van der Waals surface area contributed by atoms with Crippen molar-refractivity contribution in [3.63, 3.8) is 0 Å². The Morgan fingerprint density at radius 2 is 2.04 bits per heavy atom. The molecule has 0 aliphatic carbocycles. The van der Waals surface area contributed by atoms with Crippen LogP contribution in [0.4, 0.5) is 0 Å². The number of aryl methyl sites for hydroxylation is 1. The molecule has 6 nitrogen and oxygen atoms in total. The van der Waals surface area contributed by atoms with E-state index in [2.05, 4.69) is 41.4 Å². The summed E-state index contributed by atoms with van der Waals surface area (Å²) in [5.74, 6) is 0.0148. The average Bonchev–Trinajstić information content (AvgIpc) is 2.65. The first-order valence-electron chi connectivity index (χ1n) is 9.56. The van der Waals surface area contributed by atoms with E-state index in [-0.39, 0.29) is 24.4 Å². The summed E-state index contributed by atoms with van der Waals surface area (Å²) in [6, 6.07) is 8.57. The lowest BCUT2D eigenvalue weighted by Crippen LogP contribution is -2.47. The molecule has 1 aromatic carbocycles. The van der Waals surface area contributed by atoms with Gasteiger partial charge >= 0.3 is 0 Å². The van der Waals surface area contributed by atoms with Gasteiger partial charge in [-0.25, -0.2) is 0 Å². The number of piperidine rings is 1. The van der Waals surface area contributed by atoms with Crippen molar-refractivity contribution in [2.45, 2.75) is 32.2 Å². The van der Waals surface area contributed by atoms with Gasteiger partial charge in [0.05, 0.1) is 25.8 Å². The third-order valence-electron chi connectivity index (χ3n) is 5.16. The van der Waals surface area contributed by atoms with Crippen LogP contribution in [0.2, 0.25) is 0 Å². The van der Waals surface area contributed by atoms with Gasteiger partial charge in [-0.2, -0.15) is 0 Å². The Morgan fingerprint density at radius 3 is 2.77 bits per heavy atom. The molecule has 0 spiro atoms. The fraction of sp³-hybridized carbons (Fsp3) is 0.600. The van der Waals surface area contributed by atoms with Crippen LogP contribution in [0, 0.1) is 6.92 Å². The number of ether oxygens (including phenoxy) is 1. The zero-order valence-electron chi connectivity index (χ0n) is 15.6. The van der Waals surface area contributed by atoms with Crippen LogP contribution in [0.1, 0.15) is 36.4 Å². The molecule has 0 aromatic heterocycles. The summed E-state index contributed by atoms with van der Waals surface area (Å²) in [6.45, 7) is 6.65. The molecule has 0 bridgehead atoms. The highest BCUT2D eigenvalue weighted by Gasteiger charge is 2.25. The Morgan fingerprint density at radius 1 is 1.23 bits per heavy atom. The number of benzene rings is 1. The molecule has 2 aliphatic heterocycles. The molecule has 2 amide bonds. The first-order chi connectivity index (χ1) is 12.6. The molecule has 2 saturated heterocycles. The van der Waals surface area contributed by atoms with Crippen LogP contribution in [-0.4, -0.2) is 67.6 Å². The molecule has 2 fully saturated rings. The third-order valence-corrected chi connectivity index (χ3v) is 5.16. The lowest BCUT2D eigenvalue weighted by molar-refractivity contribution is -0.137. The average molecular weight is 359 g/mol. The van der Waals surface area contributed by atoms with Crippen molar-refractivity contribution in [3.05, 3.63) is 35.4 Å². The van der Waals surface area contributed by atoms with Crippen LogP contribution in [0.15, 0.2) is 24.3 Å². The molecule has 26 heavy (non-hydrogen) atoms. The van der Waals surface area contributed by atoms with Crippen molar-refractivity contribution in [1.29, 1.82) is 0 Å². The maximum Gasteiger partial charge on any atom is 0.239 e. The van der Waals surface area contributed by atoms with Gasteiger partial charge in [0.1, 0.15) is 0 Å². The first-order valence-corrected chi connectivity index (χ1v) is 9.56. The van der Waals surface area contributed by atoms with E-state index in [1.165, 1.54) is 11.1 Å². The van der Waals surface area contributed by atoms with Gasteiger partial charge in [-0.1, -0.05) is 29.8 Å². The zero-order valence-corrected chi connectivity index (χ0v) is 15.6. The number of morpholine rings is 1. The van der Waals surface area contributed by atoms with E-state index < -0.39 is 0 Å². The monoisotopic (exact) mass is 359 g/mol. The van der Waals surface area contributed by atoms with Crippen LogP contribution in [-0.2, 0) is 14.3 Å². The van der Waals surface area contributed by atoms with Crippen LogP contribution in [0.5, 0.6) is 0 Å². The number of carbonyl (C=O) groups is 2. The summed E-state index contributed by atoms with van der Waals surface area (Å²) in [5.41, 5.74) is 2.42. The smallest absolute Gasteiger partial charge is 0.239 e. The quantitative estimate of drug-likeness (QED) is 0.836. The fourth-order valence-electron chi connectivity index (χ4n) is 3.69. The topological polar surface area (TPSA) is 61.9 Å². The largest absolute Gasteiger partial charge is 0.379 e. The standard InChI is InChI=1S/C20H29N3O3/c1-16-5-4-6-17(13-16)18(22-9-11-26-12-10-22)14-21-19(24)15-23-8-3-2-7-20(23)25/h4-6,13,18H,2-3,7-12,14-15H2,1H3,(H,21,24). The lowest BCUT2D eigenvalue weighted by atomic mass is 10.0. The molecule has 2 aliphatic rings. The minimum absolute atomic E-state index is 0.0776. The van der Waals surface area contributed by atoms with Crippen LogP contribution < -0.4 is 5.32 Å². The minimum Gasteiger partial charge on any atom is -0.379 e. The van der Waals surface area contributed by atoms with Gasteiger partial charge in [-0.05, 0) is 25.3 Å². The second-order valence-corrected chi connectivity index (χ2v) is 7.15. The van der Waals surface area contributed by atoms with Gasteiger partial charge in [0.25, 0.3) is 0 Å². The molecule has 142 valence electrons. The summed E-state index contributed by atoms with van der Waals surface area (Å²) in [5, 5.41) is 3.05. The Kier molecular flexibility index (Phi) is 6.63. The molecule has 1 atom stereocenters. The molecule has 1 aromatic rings. The molecule has 0 radical (unpaired) electrons. The molecule has 1 N–H and O–H groups in total. The van der Waals surface area contributed by atoms with Crippen LogP contribution >= 0.6 is 0 Å². The van der Waals surface area contributed by atoms with E-state index in [0.29, 0.717) is 19.5 Å². The Balaban J connectivity index is 1.61. The number of nitrogens with one attached hydrogen (secondary N) is 1. The SMILES string of the molecule is Cc1cccc(C(CNC(=O)CN2CCCCC2=O)N2CCOCC2)c1. The molecular formula is C20H29N3O3. The molecule has 1 unspecified atom stereocenters.